The van der Waals surface area contributed by atoms with E-state index in [0.29, 0.717) is 25.3 Å². The number of aromatic nitrogens is 2. The zero-order valence-corrected chi connectivity index (χ0v) is 14.3. The zero-order chi connectivity index (χ0) is 19.2. The maximum absolute atomic E-state index is 14.1. The molecule has 4 heterocycles. The highest BCUT2D eigenvalue weighted by molar-refractivity contribution is 5.85. The van der Waals surface area contributed by atoms with Crippen molar-refractivity contribution in [3.63, 3.8) is 0 Å². The van der Waals surface area contributed by atoms with Crippen LogP contribution in [0.25, 0.3) is 0 Å². The summed E-state index contributed by atoms with van der Waals surface area (Å²) >= 11 is 0. The van der Waals surface area contributed by atoms with Crippen LogP contribution >= 0.6 is 0 Å². The second-order valence-corrected chi connectivity index (χ2v) is 6.84. The van der Waals surface area contributed by atoms with Crippen molar-refractivity contribution in [2.75, 3.05) is 29.4 Å². The maximum atomic E-state index is 14.1. The number of nitrogens with zero attached hydrogens (tertiary/aromatic N) is 4. The van der Waals surface area contributed by atoms with Gasteiger partial charge in [0.05, 0.1) is 6.54 Å². The molecule has 0 unspecified atom stereocenters. The minimum absolute atomic E-state index is 0.0108. The fourth-order valence-electron chi connectivity index (χ4n) is 3.48. The Morgan fingerprint density at radius 2 is 1.85 bits per heavy atom. The van der Waals surface area contributed by atoms with Crippen LogP contribution in [0.1, 0.15) is 28.0 Å². The van der Waals surface area contributed by atoms with Crippen molar-refractivity contribution in [1.82, 2.24) is 9.97 Å². The number of hydrogen-bond acceptors (Lipinski definition) is 5. The largest absolute Gasteiger partial charge is 0.477 e. The van der Waals surface area contributed by atoms with Crippen LogP contribution in [0.2, 0.25) is 0 Å². The molecule has 9 heteroatoms. The van der Waals surface area contributed by atoms with Gasteiger partial charge in [0.2, 0.25) is 0 Å². The first-order chi connectivity index (χ1) is 12.8. The molecule has 0 saturated carbocycles. The summed E-state index contributed by atoms with van der Waals surface area (Å²) in [5, 5.41) is 9.04. The van der Waals surface area contributed by atoms with Crippen LogP contribution in [0.3, 0.4) is 0 Å². The van der Waals surface area contributed by atoms with Gasteiger partial charge in [-0.05, 0) is 23.6 Å². The third kappa shape index (κ3) is 3.54. The van der Waals surface area contributed by atoms with Gasteiger partial charge in [-0.1, -0.05) is 0 Å². The summed E-state index contributed by atoms with van der Waals surface area (Å²) in [7, 11) is 0. The van der Waals surface area contributed by atoms with Crippen molar-refractivity contribution in [2.45, 2.75) is 25.3 Å². The maximum Gasteiger partial charge on any atom is 0.354 e. The summed E-state index contributed by atoms with van der Waals surface area (Å²) in [6, 6.07) is 4.00. The van der Waals surface area contributed by atoms with Crippen molar-refractivity contribution in [2.24, 2.45) is 0 Å². The normalized spacial score (nSPS) is 18.5. The number of carboxylic acid groups (broad SMARTS) is 1. The Morgan fingerprint density at radius 3 is 2.52 bits per heavy atom. The molecule has 4 rings (SSSR count). The molecule has 1 saturated heterocycles. The molecule has 27 heavy (non-hydrogen) atoms. The molecule has 0 atom stereocenters. The van der Waals surface area contributed by atoms with Crippen LogP contribution in [-0.2, 0) is 13.0 Å². The number of rotatable bonds is 3. The van der Waals surface area contributed by atoms with E-state index in [0.717, 1.165) is 11.1 Å². The molecule has 0 aliphatic carbocycles. The van der Waals surface area contributed by atoms with Gasteiger partial charge in [0.1, 0.15) is 23.1 Å². The summed E-state index contributed by atoms with van der Waals surface area (Å²) in [4.78, 5) is 22.6. The minimum Gasteiger partial charge on any atom is -0.477 e. The Bertz CT molecular complexity index is 906. The molecule has 1 N–H and O–H groups in total. The molecule has 2 aromatic rings. The lowest BCUT2D eigenvalue weighted by Gasteiger charge is -2.30. The third-order valence-corrected chi connectivity index (χ3v) is 4.89. The van der Waals surface area contributed by atoms with E-state index >= 15 is 0 Å². The number of carboxylic acids is 1. The van der Waals surface area contributed by atoms with Gasteiger partial charge in [-0.25, -0.2) is 27.9 Å². The predicted octanol–water partition coefficient (Wildman–Crippen LogP) is 2.72. The fraction of sp³-hybridized carbons (Fsp3) is 0.389. The second-order valence-electron chi connectivity index (χ2n) is 6.84. The van der Waals surface area contributed by atoms with E-state index < -0.39 is 24.3 Å². The Kier molecular flexibility index (Phi) is 4.16. The Hall–Kier alpha value is -2.84. The van der Waals surface area contributed by atoms with Crippen LogP contribution in [-0.4, -0.2) is 46.6 Å². The summed E-state index contributed by atoms with van der Waals surface area (Å²) in [6.07, 6.45) is 1.80. The standard InChI is InChI=1S/C18H17F3N4O2/c19-13-6-15(23-16(7-13)25-4-2-18(20,21)10-25)24-3-1-11-5-14(17(26)27)22-8-12(11)9-24/h5-8H,1-4,9-10H2,(H,26,27). The first-order valence-electron chi connectivity index (χ1n) is 8.57. The lowest BCUT2D eigenvalue weighted by atomic mass is 10.0. The number of pyridine rings is 2. The van der Waals surface area contributed by atoms with Crippen molar-refractivity contribution in [3.8, 4) is 0 Å². The average Bonchev–Trinajstić information content (AvgIpc) is 3.00. The topological polar surface area (TPSA) is 69.6 Å². The van der Waals surface area contributed by atoms with Crippen molar-refractivity contribution >= 4 is 17.6 Å². The molecule has 142 valence electrons. The fourth-order valence-corrected chi connectivity index (χ4v) is 3.48. The Labute approximate surface area is 153 Å². The van der Waals surface area contributed by atoms with Gasteiger partial charge in [-0.2, -0.15) is 0 Å². The number of carbonyl (C=O) groups is 1. The molecule has 2 aliphatic heterocycles. The van der Waals surface area contributed by atoms with Crippen LogP contribution in [0.5, 0.6) is 0 Å². The van der Waals surface area contributed by atoms with Crippen molar-refractivity contribution in [3.05, 3.63) is 47.0 Å². The van der Waals surface area contributed by atoms with Gasteiger partial charge < -0.3 is 14.9 Å². The van der Waals surface area contributed by atoms with Gasteiger partial charge in [0, 0.05) is 44.4 Å². The van der Waals surface area contributed by atoms with Crippen LogP contribution in [0.4, 0.5) is 24.8 Å². The van der Waals surface area contributed by atoms with E-state index in [1.165, 1.54) is 23.2 Å². The number of fused-ring (bicyclic) bond motifs is 1. The lowest BCUT2D eigenvalue weighted by Crippen LogP contribution is -2.32. The number of aromatic carboxylic acids is 1. The molecular formula is C18H17F3N4O2. The van der Waals surface area contributed by atoms with Crippen LogP contribution < -0.4 is 9.80 Å². The minimum atomic E-state index is -2.79. The zero-order valence-electron chi connectivity index (χ0n) is 14.3. The molecule has 6 nitrogen and oxygen atoms in total. The molecular weight excluding hydrogens is 361 g/mol. The number of alkyl halides is 2. The number of anilines is 2. The van der Waals surface area contributed by atoms with E-state index in [1.54, 1.807) is 6.07 Å². The van der Waals surface area contributed by atoms with Gasteiger partial charge in [0.15, 0.2) is 0 Å². The summed E-state index contributed by atoms with van der Waals surface area (Å²) < 4.78 is 41.0. The van der Waals surface area contributed by atoms with Crippen molar-refractivity contribution < 1.29 is 23.1 Å². The summed E-state index contributed by atoms with van der Waals surface area (Å²) in [5.41, 5.74) is 1.71. The highest BCUT2D eigenvalue weighted by atomic mass is 19.3. The van der Waals surface area contributed by atoms with Gasteiger partial charge in [-0.3, -0.25) is 0 Å². The Balaban J connectivity index is 1.58. The summed E-state index contributed by atoms with van der Waals surface area (Å²) in [6.45, 7) is 0.581. The van der Waals surface area contributed by atoms with Crippen LogP contribution in [0, 0.1) is 5.82 Å². The first kappa shape index (κ1) is 17.6. The molecule has 0 spiro atoms. The number of halogens is 3. The van der Waals surface area contributed by atoms with E-state index in [4.69, 9.17) is 5.11 Å². The Morgan fingerprint density at radius 1 is 1.11 bits per heavy atom. The lowest BCUT2D eigenvalue weighted by molar-refractivity contribution is 0.0256. The monoisotopic (exact) mass is 378 g/mol. The van der Waals surface area contributed by atoms with Gasteiger partial charge >= 0.3 is 5.97 Å². The summed E-state index contributed by atoms with van der Waals surface area (Å²) in [5.74, 6) is -3.83. The SMILES string of the molecule is O=C(O)c1cc2c(cn1)CN(c1cc(F)cc(N3CCC(F)(F)C3)n1)CC2. The van der Waals surface area contributed by atoms with Gasteiger partial charge in [0.25, 0.3) is 5.92 Å². The highest BCUT2D eigenvalue weighted by Crippen LogP contribution is 2.32. The molecule has 0 amide bonds. The molecule has 0 bridgehead atoms. The quantitative estimate of drug-likeness (QED) is 0.886. The molecule has 2 aliphatic rings. The third-order valence-electron chi connectivity index (χ3n) is 4.89. The predicted molar refractivity (Wildman–Crippen MR) is 91.9 cm³/mol. The highest BCUT2D eigenvalue weighted by Gasteiger charge is 2.39. The van der Waals surface area contributed by atoms with E-state index in [-0.39, 0.29) is 24.5 Å². The molecule has 0 radical (unpaired) electrons. The molecule has 1 fully saturated rings. The molecule has 2 aromatic heterocycles. The van der Waals surface area contributed by atoms with Gasteiger partial charge in [-0.15, -0.1) is 0 Å². The average molecular weight is 378 g/mol. The first-order valence-corrected chi connectivity index (χ1v) is 8.57. The van der Waals surface area contributed by atoms with E-state index in [9.17, 15) is 18.0 Å². The second kappa shape index (κ2) is 6.40. The van der Waals surface area contributed by atoms with Crippen molar-refractivity contribution in [1.29, 1.82) is 0 Å². The van der Waals surface area contributed by atoms with Crippen LogP contribution in [0.15, 0.2) is 24.4 Å². The van der Waals surface area contributed by atoms with E-state index in [2.05, 4.69) is 9.97 Å². The number of hydrogen-bond donors (Lipinski definition) is 1. The smallest absolute Gasteiger partial charge is 0.354 e. The molecule has 0 aromatic carbocycles. The van der Waals surface area contributed by atoms with E-state index in [1.807, 2.05) is 4.90 Å².